The second kappa shape index (κ2) is 6.40. The summed E-state index contributed by atoms with van der Waals surface area (Å²) in [5.74, 6) is 1.53. The SMILES string of the molecule is CCN1CCC(CN)C1c1ccc(OC(C)C)cc1. The summed E-state index contributed by atoms with van der Waals surface area (Å²) in [6.07, 6.45) is 1.43. The predicted octanol–water partition coefficient (Wildman–Crippen LogP) is 2.82. The van der Waals surface area contributed by atoms with Gasteiger partial charge in [-0.15, -0.1) is 0 Å². The predicted molar refractivity (Wildman–Crippen MR) is 79.4 cm³/mol. The average molecular weight is 262 g/mol. The maximum Gasteiger partial charge on any atom is 0.119 e. The van der Waals surface area contributed by atoms with Crippen molar-refractivity contribution >= 4 is 0 Å². The van der Waals surface area contributed by atoms with Gasteiger partial charge in [0.2, 0.25) is 0 Å². The Kier molecular flexibility index (Phi) is 4.83. The summed E-state index contributed by atoms with van der Waals surface area (Å²) in [6, 6.07) is 9.02. The van der Waals surface area contributed by atoms with Gasteiger partial charge in [-0.1, -0.05) is 19.1 Å². The molecule has 0 bridgehead atoms. The van der Waals surface area contributed by atoms with Crippen molar-refractivity contribution in [3.63, 3.8) is 0 Å². The van der Waals surface area contributed by atoms with Crippen molar-refractivity contribution in [2.45, 2.75) is 39.3 Å². The Morgan fingerprint density at radius 3 is 2.53 bits per heavy atom. The number of nitrogens with zero attached hydrogens (tertiary/aromatic N) is 1. The molecule has 19 heavy (non-hydrogen) atoms. The molecule has 0 aromatic heterocycles. The van der Waals surface area contributed by atoms with Crippen LogP contribution < -0.4 is 10.5 Å². The molecule has 1 saturated heterocycles. The van der Waals surface area contributed by atoms with E-state index in [4.69, 9.17) is 10.5 Å². The Bertz CT molecular complexity index is 376. The lowest BCUT2D eigenvalue weighted by Gasteiger charge is -2.27. The van der Waals surface area contributed by atoms with E-state index in [1.165, 1.54) is 12.0 Å². The molecule has 0 saturated carbocycles. The van der Waals surface area contributed by atoms with Crippen molar-refractivity contribution in [3.05, 3.63) is 29.8 Å². The van der Waals surface area contributed by atoms with Gasteiger partial charge in [-0.3, -0.25) is 4.90 Å². The third kappa shape index (κ3) is 3.28. The molecule has 1 heterocycles. The normalized spacial score (nSPS) is 24.1. The van der Waals surface area contributed by atoms with Gasteiger partial charge in [0.05, 0.1) is 6.10 Å². The first-order valence-electron chi connectivity index (χ1n) is 7.36. The molecule has 1 aromatic carbocycles. The minimum absolute atomic E-state index is 0.223. The minimum atomic E-state index is 0.223. The maximum absolute atomic E-state index is 5.92. The van der Waals surface area contributed by atoms with Gasteiger partial charge in [0.15, 0.2) is 0 Å². The Morgan fingerprint density at radius 1 is 1.32 bits per heavy atom. The number of rotatable bonds is 5. The van der Waals surface area contributed by atoms with Crippen LogP contribution >= 0.6 is 0 Å². The monoisotopic (exact) mass is 262 g/mol. The smallest absolute Gasteiger partial charge is 0.119 e. The van der Waals surface area contributed by atoms with Crippen LogP contribution in [0.3, 0.4) is 0 Å². The van der Waals surface area contributed by atoms with E-state index in [0.29, 0.717) is 12.0 Å². The summed E-state index contributed by atoms with van der Waals surface area (Å²) in [7, 11) is 0. The Labute approximate surface area is 116 Å². The Balaban J connectivity index is 2.15. The molecule has 1 aliphatic rings. The molecule has 2 unspecified atom stereocenters. The summed E-state index contributed by atoms with van der Waals surface area (Å²) < 4.78 is 5.70. The first-order chi connectivity index (χ1) is 9.15. The maximum atomic E-state index is 5.92. The van der Waals surface area contributed by atoms with Gasteiger partial charge >= 0.3 is 0 Å². The number of likely N-dealkylation sites (tertiary alicyclic amines) is 1. The first kappa shape index (κ1) is 14.4. The molecule has 1 aromatic rings. The number of ether oxygens (including phenoxy) is 1. The van der Waals surface area contributed by atoms with Crippen LogP contribution in [0.4, 0.5) is 0 Å². The van der Waals surface area contributed by atoms with Gasteiger partial charge in [0, 0.05) is 6.04 Å². The van der Waals surface area contributed by atoms with Crippen LogP contribution in [0.25, 0.3) is 0 Å². The largest absolute Gasteiger partial charge is 0.491 e. The minimum Gasteiger partial charge on any atom is -0.491 e. The van der Waals surface area contributed by atoms with Crippen molar-refractivity contribution in [1.82, 2.24) is 4.90 Å². The highest BCUT2D eigenvalue weighted by atomic mass is 16.5. The zero-order valence-electron chi connectivity index (χ0n) is 12.3. The van der Waals surface area contributed by atoms with Crippen molar-refractivity contribution in [2.24, 2.45) is 11.7 Å². The molecule has 0 amide bonds. The average Bonchev–Trinajstić information content (AvgIpc) is 2.82. The van der Waals surface area contributed by atoms with E-state index in [0.717, 1.165) is 25.4 Å². The standard InChI is InChI=1S/C16H26N2O/c1-4-18-10-9-14(11-17)16(18)13-5-7-15(8-6-13)19-12(2)3/h5-8,12,14,16H,4,9-11,17H2,1-3H3. The molecule has 1 aliphatic heterocycles. The Morgan fingerprint density at radius 2 is 2.00 bits per heavy atom. The van der Waals surface area contributed by atoms with Crippen LogP contribution in [0.15, 0.2) is 24.3 Å². The topological polar surface area (TPSA) is 38.5 Å². The Hall–Kier alpha value is -1.06. The fourth-order valence-electron chi connectivity index (χ4n) is 3.03. The van der Waals surface area contributed by atoms with Gasteiger partial charge in [0.1, 0.15) is 5.75 Å². The molecule has 3 nitrogen and oxygen atoms in total. The molecular formula is C16H26N2O. The summed E-state index contributed by atoms with van der Waals surface area (Å²) >= 11 is 0. The summed E-state index contributed by atoms with van der Waals surface area (Å²) in [5.41, 5.74) is 7.29. The third-order valence-corrected chi connectivity index (χ3v) is 3.93. The summed E-state index contributed by atoms with van der Waals surface area (Å²) in [4.78, 5) is 2.52. The highest BCUT2D eigenvalue weighted by Gasteiger charge is 2.33. The quantitative estimate of drug-likeness (QED) is 0.887. The van der Waals surface area contributed by atoms with Crippen LogP contribution in [0.2, 0.25) is 0 Å². The van der Waals surface area contributed by atoms with E-state index in [9.17, 15) is 0 Å². The lowest BCUT2D eigenvalue weighted by molar-refractivity contribution is 0.237. The van der Waals surface area contributed by atoms with Crippen molar-refractivity contribution in [1.29, 1.82) is 0 Å². The molecule has 0 spiro atoms. The van der Waals surface area contributed by atoms with Gasteiger partial charge in [0.25, 0.3) is 0 Å². The molecule has 2 N–H and O–H groups in total. The number of nitrogens with two attached hydrogens (primary N) is 1. The van der Waals surface area contributed by atoms with Gasteiger partial charge in [-0.25, -0.2) is 0 Å². The van der Waals surface area contributed by atoms with Gasteiger partial charge in [-0.05, 0) is 63.5 Å². The molecule has 0 aliphatic carbocycles. The van der Waals surface area contributed by atoms with E-state index in [-0.39, 0.29) is 6.10 Å². The summed E-state index contributed by atoms with van der Waals surface area (Å²) in [5, 5.41) is 0. The van der Waals surface area contributed by atoms with E-state index < -0.39 is 0 Å². The van der Waals surface area contributed by atoms with Crippen molar-refractivity contribution < 1.29 is 4.74 Å². The van der Waals surface area contributed by atoms with E-state index >= 15 is 0 Å². The highest BCUT2D eigenvalue weighted by molar-refractivity contribution is 5.30. The van der Waals surface area contributed by atoms with Crippen LogP contribution in [0, 0.1) is 5.92 Å². The molecule has 1 fully saturated rings. The molecule has 2 rings (SSSR count). The van der Waals surface area contributed by atoms with E-state index in [1.54, 1.807) is 0 Å². The number of benzene rings is 1. The van der Waals surface area contributed by atoms with Crippen molar-refractivity contribution in [2.75, 3.05) is 19.6 Å². The summed E-state index contributed by atoms with van der Waals surface area (Å²) in [6.45, 7) is 9.34. The number of hydrogen-bond donors (Lipinski definition) is 1. The van der Waals surface area contributed by atoms with E-state index in [2.05, 4.69) is 36.1 Å². The van der Waals surface area contributed by atoms with Crippen molar-refractivity contribution in [3.8, 4) is 5.75 Å². The zero-order chi connectivity index (χ0) is 13.8. The van der Waals surface area contributed by atoms with Crippen LogP contribution in [0.5, 0.6) is 5.75 Å². The second-order valence-corrected chi connectivity index (χ2v) is 5.59. The van der Waals surface area contributed by atoms with Crippen LogP contribution in [-0.4, -0.2) is 30.6 Å². The first-order valence-corrected chi connectivity index (χ1v) is 7.36. The third-order valence-electron chi connectivity index (χ3n) is 3.93. The molecule has 106 valence electrons. The molecule has 3 heteroatoms. The highest BCUT2D eigenvalue weighted by Crippen LogP contribution is 2.36. The molecule has 0 radical (unpaired) electrons. The lowest BCUT2D eigenvalue weighted by atomic mass is 9.94. The molecular weight excluding hydrogens is 236 g/mol. The second-order valence-electron chi connectivity index (χ2n) is 5.59. The lowest BCUT2D eigenvalue weighted by Crippen LogP contribution is -2.28. The zero-order valence-corrected chi connectivity index (χ0v) is 12.3. The van der Waals surface area contributed by atoms with E-state index in [1.807, 2.05) is 13.8 Å². The fraction of sp³-hybridized carbons (Fsp3) is 0.625. The van der Waals surface area contributed by atoms with Crippen LogP contribution in [0.1, 0.15) is 38.8 Å². The van der Waals surface area contributed by atoms with Crippen LogP contribution in [-0.2, 0) is 0 Å². The van der Waals surface area contributed by atoms with Gasteiger partial charge in [-0.2, -0.15) is 0 Å². The van der Waals surface area contributed by atoms with Gasteiger partial charge < -0.3 is 10.5 Å². The molecule has 2 atom stereocenters. The fourth-order valence-corrected chi connectivity index (χ4v) is 3.03. The number of hydrogen-bond acceptors (Lipinski definition) is 3.